The summed E-state index contributed by atoms with van der Waals surface area (Å²) in [5, 5.41) is 1.57. The molecule has 0 unspecified atom stereocenters. The molecule has 13 heavy (non-hydrogen) atoms. The van der Waals surface area contributed by atoms with Crippen molar-refractivity contribution in [3.8, 4) is 0 Å². The third-order valence-electron chi connectivity index (χ3n) is 2.03. The zero-order valence-electron chi connectivity index (χ0n) is 7.35. The highest BCUT2D eigenvalue weighted by Crippen LogP contribution is 2.17. The van der Waals surface area contributed by atoms with Crippen molar-refractivity contribution in [2.75, 3.05) is 32.7 Å². The molecule has 0 saturated carbocycles. The van der Waals surface area contributed by atoms with Crippen LogP contribution in [0.25, 0.3) is 0 Å². The number of hydrogen-bond acceptors (Lipinski definition) is 3. The lowest BCUT2D eigenvalue weighted by Crippen LogP contribution is -2.38. The van der Waals surface area contributed by atoms with Gasteiger partial charge in [0.2, 0.25) is 0 Å². The molecule has 0 spiro atoms. The van der Waals surface area contributed by atoms with Gasteiger partial charge in [-0.3, -0.25) is 10.7 Å². The first-order chi connectivity index (χ1) is 5.97. The van der Waals surface area contributed by atoms with E-state index in [1.165, 1.54) is 4.90 Å². The fourth-order valence-electron chi connectivity index (χ4n) is 1.40. The number of rotatable bonds is 1. The molecule has 3 nitrogen and oxygen atoms in total. The molecule has 1 rings (SSSR count). The third-order valence-corrected chi connectivity index (χ3v) is 2.03. The summed E-state index contributed by atoms with van der Waals surface area (Å²) >= 11 is 0. The summed E-state index contributed by atoms with van der Waals surface area (Å²) in [6.07, 6.45) is -3.39. The molecule has 0 aromatic carbocycles. The molecule has 0 atom stereocenters. The van der Waals surface area contributed by atoms with E-state index in [1.54, 1.807) is 5.01 Å². The summed E-state index contributed by atoms with van der Waals surface area (Å²) in [6.45, 7) is 1.24. The Hall–Kier alpha value is -0.330. The van der Waals surface area contributed by atoms with Gasteiger partial charge in [0.25, 0.3) is 0 Å². The van der Waals surface area contributed by atoms with Crippen LogP contribution in [-0.2, 0) is 0 Å². The van der Waals surface area contributed by atoms with Crippen molar-refractivity contribution in [2.45, 2.75) is 12.6 Å². The molecule has 1 saturated heterocycles. The predicted molar refractivity (Wildman–Crippen MR) is 42.9 cm³/mol. The van der Waals surface area contributed by atoms with E-state index < -0.39 is 12.7 Å². The summed E-state index contributed by atoms with van der Waals surface area (Å²) < 4.78 is 36.0. The van der Waals surface area contributed by atoms with Crippen molar-refractivity contribution in [2.24, 2.45) is 5.84 Å². The predicted octanol–water partition coefficient (Wildman–Crippen LogP) is 0.430. The van der Waals surface area contributed by atoms with E-state index in [2.05, 4.69) is 0 Å². The molecule has 0 aromatic heterocycles. The normalized spacial score (nSPS) is 23.1. The van der Waals surface area contributed by atoms with Crippen molar-refractivity contribution in [3.63, 3.8) is 0 Å². The molecule has 78 valence electrons. The zero-order valence-corrected chi connectivity index (χ0v) is 7.35. The molecule has 0 amide bonds. The molecule has 0 radical (unpaired) electrons. The number of hydrogen-bond donors (Lipinski definition) is 1. The van der Waals surface area contributed by atoms with Crippen molar-refractivity contribution >= 4 is 0 Å². The van der Waals surface area contributed by atoms with Crippen LogP contribution in [0.5, 0.6) is 0 Å². The lowest BCUT2D eigenvalue weighted by Gasteiger charge is -2.21. The van der Waals surface area contributed by atoms with E-state index in [0.717, 1.165) is 0 Å². The maximum atomic E-state index is 12.0. The van der Waals surface area contributed by atoms with E-state index in [1.807, 2.05) is 0 Å². The Morgan fingerprint density at radius 3 is 2.38 bits per heavy atom. The Kier molecular flexibility index (Phi) is 3.52. The van der Waals surface area contributed by atoms with Gasteiger partial charge in [0.15, 0.2) is 0 Å². The van der Waals surface area contributed by atoms with Gasteiger partial charge < -0.3 is 0 Å². The Morgan fingerprint density at radius 2 is 1.77 bits per heavy atom. The van der Waals surface area contributed by atoms with Crippen LogP contribution in [0.2, 0.25) is 0 Å². The molecule has 0 aliphatic carbocycles. The van der Waals surface area contributed by atoms with Gasteiger partial charge in [-0.15, -0.1) is 0 Å². The molecular formula is C7H14F3N3. The molecule has 2 N–H and O–H groups in total. The van der Waals surface area contributed by atoms with Crippen LogP contribution in [0.4, 0.5) is 13.2 Å². The van der Waals surface area contributed by atoms with Crippen molar-refractivity contribution in [3.05, 3.63) is 0 Å². The summed E-state index contributed by atoms with van der Waals surface area (Å²) in [7, 11) is 0. The lowest BCUT2D eigenvalue weighted by molar-refractivity contribution is -0.145. The summed E-state index contributed by atoms with van der Waals surface area (Å²) in [5.41, 5.74) is 0. The average Bonchev–Trinajstić information content (AvgIpc) is 2.12. The molecule has 6 heteroatoms. The first-order valence-electron chi connectivity index (χ1n) is 4.26. The molecule has 1 aliphatic rings. The van der Waals surface area contributed by atoms with Gasteiger partial charge in [0.05, 0.1) is 6.54 Å². The second kappa shape index (κ2) is 4.26. The number of nitrogens with two attached hydrogens (primary N) is 1. The third kappa shape index (κ3) is 4.44. The second-order valence-electron chi connectivity index (χ2n) is 3.28. The summed E-state index contributed by atoms with van der Waals surface area (Å²) in [5.74, 6) is 5.49. The van der Waals surface area contributed by atoms with Gasteiger partial charge in [0.1, 0.15) is 0 Å². The van der Waals surface area contributed by atoms with Gasteiger partial charge in [-0.1, -0.05) is 0 Å². The van der Waals surface area contributed by atoms with E-state index in [0.29, 0.717) is 32.6 Å². The van der Waals surface area contributed by atoms with Gasteiger partial charge >= 0.3 is 6.18 Å². The number of hydrazine groups is 1. The van der Waals surface area contributed by atoms with E-state index >= 15 is 0 Å². The monoisotopic (exact) mass is 197 g/mol. The van der Waals surface area contributed by atoms with E-state index in [9.17, 15) is 13.2 Å². The second-order valence-corrected chi connectivity index (χ2v) is 3.28. The number of alkyl halides is 3. The average molecular weight is 197 g/mol. The molecule has 1 aliphatic heterocycles. The topological polar surface area (TPSA) is 32.5 Å². The van der Waals surface area contributed by atoms with E-state index in [4.69, 9.17) is 5.84 Å². The molecule has 0 bridgehead atoms. The molecular weight excluding hydrogens is 183 g/mol. The van der Waals surface area contributed by atoms with Crippen LogP contribution in [0.1, 0.15) is 6.42 Å². The maximum Gasteiger partial charge on any atom is 0.401 e. The largest absolute Gasteiger partial charge is 0.401 e. The minimum Gasteiger partial charge on any atom is -0.294 e. The Balaban J connectivity index is 2.34. The SMILES string of the molecule is NN1CCCN(CC(F)(F)F)CC1. The summed E-state index contributed by atoms with van der Waals surface area (Å²) in [4.78, 5) is 1.40. The van der Waals surface area contributed by atoms with Gasteiger partial charge in [-0.25, -0.2) is 5.01 Å². The van der Waals surface area contributed by atoms with Crippen LogP contribution in [-0.4, -0.2) is 48.8 Å². The van der Waals surface area contributed by atoms with Crippen molar-refractivity contribution in [1.82, 2.24) is 9.91 Å². The number of halogens is 3. The lowest BCUT2D eigenvalue weighted by atomic mass is 10.4. The zero-order chi connectivity index (χ0) is 9.90. The molecule has 0 aromatic rings. The van der Waals surface area contributed by atoms with Gasteiger partial charge in [0, 0.05) is 19.6 Å². The van der Waals surface area contributed by atoms with Crippen LogP contribution in [0, 0.1) is 0 Å². The highest BCUT2D eigenvalue weighted by molar-refractivity contribution is 4.68. The quantitative estimate of drug-likeness (QED) is 0.619. The van der Waals surface area contributed by atoms with Crippen LogP contribution in [0.3, 0.4) is 0 Å². The minimum absolute atomic E-state index is 0.399. The van der Waals surface area contributed by atoms with Gasteiger partial charge in [-0.2, -0.15) is 13.2 Å². The molecule has 1 fully saturated rings. The highest BCUT2D eigenvalue weighted by atomic mass is 19.4. The minimum atomic E-state index is -4.09. The van der Waals surface area contributed by atoms with Crippen molar-refractivity contribution in [1.29, 1.82) is 0 Å². The Morgan fingerprint density at radius 1 is 1.08 bits per heavy atom. The highest BCUT2D eigenvalue weighted by Gasteiger charge is 2.30. The first kappa shape index (κ1) is 10.7. The van der Waals surface area contributed by atoms with Crippen LogP contribution >= 0.6 is 0 Å². The fraction of sp³-hybridized carbons (Fsp3) is 1.00. The Bertz CT molecular complexity index is 160. The van der Waals surface area contributed by atoms with Crippen LogP contribution < -0.4 is 5.84 Å². The Labute approximate surface area is 75.2 Å². The number of nitrogens with zero attached hydrogens (tertiary/aromatic N) is 2. The maximum absolute atomic E-state index is 12.0. The standard InChI is InChI=1S/C7H14F3N3/c8-7(9,10)6-12-2-1-3-13(11)5-4-12/h1-6,11H2. The first-order valence-corrected chi connectivity index (χ1v) is 4.26. The molecule has 1 heterocycles. The summed E-state index contributed by atoms with van der Waals surface area (Å²) in [6, 6.07) is 0. The van der Waals surface area contributed by atoms with Crippen molar-refractivity contribution < 1.29 is 13.2 Å². The van der Waals surface area contributed by atoms with Gasteiger partial charge in [-0.05, 0) is 13.0 Å². The van der Waals surface area contributed by atoms with Crippen LogP contribution in [0.15, 0.2) is 0 Å². The smallest absolute Gasteiger partial charge is 0.294 e. The fourth-order valence-corrected chi connectivity index (χ4v) is 1.40. The van der Waals surface area contributed by atoms with E-state index in [-0.39, 0.29) is 0 Å².